The third kappa shape index (κ3) is 8.28. The van der Waals surface area contributed by atoms with Crippen molar-refractivity contribution >= 4 is 31.9 Å². The zero-order valence-electron chi connectivity index (χ0n) is 12.4. The molecular weight excluding hydrogens is 382 g/mol. The molecule has 0 saturated heterocycles. The maximum Gasteiger partial charge on any atom is 0.133 e. The van der Waals surface area contributed by atoms with E-state index in [4.69, 9.17) is 4.74 Å². The van der Waals surface area contributed by atoms with Crippen molar-refractivity contribution in [2.45, 2.75) is 39.5 Å². The first-order chi connectivity index (χ1) is 9.59. The molecule has 0 aliphatic rings. The van der Waals surface area contributed by atoms with Gasteiger partial charge in [0, 0.05) is 4.47 Å². The van der Waals surface area contributed by atoms with Crippen LogP contribution < -0.4 is 10.1 Å². The summed E-state index contributed by atoms with van der Waals surface area (Å²) in [5, 5.41) is 3.47. The van der Waals surface area contributed by atoms with E-state index in [1.807, 2.05) is 18.2 Å². The third-order valence-corrected chi connectivity index (χ3v) is 4.06. The highest BCUT2D eigenvalue weighted by atomic mass is 79.9. The second-order valence-corrected chi connectivity index (χ2v) is 7.21. The molecule has 0 atom stereocenters. The van der Waals surface area contributed by atoms with Gasteiger partial charge in [-0.1, -0.05) is 42.6 Å². The van der Waals surface area contributed by atoms with Gasteiger partial charge < -0.3 is 10.1 Å². The maximum atomic E-state index is 5.77. The van der Waals surface area contributed by atoms with Crippen LogP contribution in [0.3, 0.4) is 0 Å². The third-order valence-electron chi connectivity index (χ3n) is 2.95. The topological polar surface area (TPSA) is 21.3 Å². The fourth-order valence-corrected chi connectivity index (χ4v) is 3.03. The largest absolute Gasteiger partial charge is 0.492 e. The van der Waals surface area contributed by atoms with E-state index >= 15 is 0 Å². The Morgan fingerprint density at radius 3 is 2.55 bits per heavy atom. The van der Waals surface area contributed by atoms with E-state index in [0.29, 0.717) is 0 Å². The van der Waals surface area contributed by atoms with Crippen molar-refractivity contribution < 1.29 is 4.74 Å². The van der Waals surface area contributed by atoms with Gasteiger partial charge in [0.1, 0.15) is 5.75 Å². The SMILES string of the molecule is CC(C)CNCCCCCCOc1ccc(Br)cc1Br. The summed E-state index contributed by atoms with van der Waals surface area (Å²) in [6, 6.07) is 6.00. The average molecular weight is 407 g/mol. The van der Waals surface area contributed by atoms with E-state index in [1.165, 1.54) is 19.3 Å². The van der Waals surface area contributed by atoms with E-state index in [9.17, 15) is 0 Å². The number of halogens is 2. The number of hydrogen-bond donors (Lipinski definition) is 1. The van der Waals surface area contributed by atoms with Crippen LogP contribution in [-0.4, -0.2) is 19.7 Å². The molecule has 1 aromatic rings. The maximum absolute atomic E-state index is 5.77. The molecule has 1 rings (SSSR count). The van der Waals surface area contributed by atoms with Crippen LogP contribution in [0.2, 0.25) is 0 Å². The predicted molar refractivity (Wildman–Crippen MR) is 93.5 cm³/mol. The van der Waals surface area contributed by atoms with Crippen molar-refractivity contribution in [3.05, 3.63) is 27.1 Å². The molecule has 0 bridgehead atoms. The highest BCUT2D eigenvalue weighted by Gasteiger charge is 2.01. The van der Waals surface area contributed by atoms with E-state index in [2.05, 4.69) is 51.0 Å². The van der Waals surface area contributed by atoms with E-state index in [1.54, 1.807) is 0 Å². The van der Waals surface area contributed by atoms with Crippen LogP contribution in [0.4, 0.5) is 0 Å². The average Bonchev–Trinajstić information content (AvgIpc) is 2.38. The molecule has 114 valence electrons. The Hall–Kier alpha value is -0.0600. The van der Waals surface area contributed by atoms with E-state index in [0.717, 1.165) is 46.7 Å². The smallest absolute Gasteiger partial charge is 0.133 e. The molecule has 2 nitrogen and oxygen atoms in total. The lowest BCUT2D eigenvalue weighted by atomic mass is 10.2. The first kappa shape index (κ1) is 18.0. The van der Waals surface area contributed by atoms with Gasteiger partial charge in [0.05, 0.1) is 11.1 Å². The molecule has 0 spiro atoms. The van der Waals surface area contributed by atoms with Gasteiger partial charge in [-0.15, -0.1) is 0 Å². The molecule has 0 amide bonds. The number of unbranched alkanes of at least 4 members (excludes halogenated alkanes) is 3. The molecule has 1 aromatic carbocycles. The molecular formula is C16H25Br2NO. The second kappa shape index (κ2) is 10.6. The Bertz CT molecular complexity index is 383. The van der Waals surface area contributed by atoms with Gasteiger partial charge in [-0.2, -0.15) is 0 Å². The Morgan fingerprint density at radius 2 is 1.85 bits per heavy atom. The molecule has 4 heteroatoms. The first-order valence-corrected chi connectivity index (χ1v) is 8.96. The van der Waals surface area contributed by atoms with E-state index < -0.39 is 0 Å². The Balaban J connectivity index is 1.99. The van der Waals surface area contributed by atoms with Gasteiger partial charge >= 0.3 is 0 Å². The van der Waals surface area contributed by atoms with Crippen LogP contribution in [0.15, 0.2) is 27.1 Å². The monoisotopic (exact) mass is 405 g/mol. The van der Waals surface area contributed by atoms with Gasteiger partial charge in [-0.3, -0.25) is 0 Å². The fourth-order valence-electron chi connectivity index (χ4n) is 1.87. The van der Waals surface area contributed by atoms with Crippen LogP contribution in [0.5, 0.6) is 5.75 Å². The van der Waals surface area contributed by atoms with Crippen molar-refractivity contribution in [1.29, 1.82) is 0 Å². The normalized spacial score (nSPS) is 11.1. The minimum atomic E-state index is 0.743. The molecule has 0 heterocycles. The van der Waals surface area contributed by atoms with Crippen LogP contribution in [0, 0.1) is 5.92 Å². The van der Waals surface area contributed by atoms with Crippen molar-refractivity contribution in [2.75, 3.05) is 19.7 Å². The summed E-state index contributed by atoms with van der Waals surface area (Å²) in [7, 11) is 0. The van der Waals surface area contributed by atoms with Crippen molar-refractivity contribution in [2.24, 2.45) is 5.92 Å². The van der Waals surface area contributed by atoms with Crippen LogP contribution >= 0.6 is 31.9 Å². The second-order valence-electron chi connectivity index (χ2n) is 5.44. The lowest BCUT2D eigenvalue weighted by Gasteiger charge is -2.09. The number of rotatable bonds is 10. The summed E-state index contributed by atoms with van der Waals surface area (Å²) in [6.07, 6.45) is 4.88. The number of benzene rings is 1. The summed E-state index contributed by atoms with van der Waals surface area (Å²) in [5.41, 5.74) is 0. The zero-order chi connectivity index (χ0) is 14.8. The Labute approximate surface area is 139 Å². The summed E-state index contributed by atoms with van der Waals surface area (Å²) >= 11 is 6.94. The molecule has 0 aliphatic heterocycles. The standard InChI is InChI=1S/C16H25Br2NO/c1-13(2)12-19-9-5-3-4-6-10-20-16-8-7-14(17)11-15(16)18/h7-8,11,13,19H,3-6,9-10,12H2,1-2H3. The van der Waals surface area contributed by atoms with Crippen LogP contribution in [-0.2, 0) is 0 Å². The van der Waals surface area contributed by atoms with Gasteiger partial charge in [-0.25, -0.2) is 0 Å². The molecule has 0 aliphatic carbocycles. The zero-order valence-corrected chi connectivity index (χ0v) is 15.6. The molecule has 0 saturated carbocycles. The molecule has 0 fully saturated rings. The minimum Gasteiger partial charge on any atom is -0.492 e. The van der Waals surface area contributed by atoms with Gasteiger partial charge in [0.2, 0.25) is 0 Å². The molecule has 0 radical (unpaired) electrons. The van der Waals surface area contributed by atoms with Crippen molar-refractivity contribution in [3.63, 3.8) is 0 Å². The highest BCUT2D eigenvalue weighted by Crippen LogP contribution is 2.28. The fraction of sp³-hybridized carbons (Fsp3) is 0.625. The van der Waals surface area contributed by atoms with Crippen LogP contribution in [0.25, 0.3) is 0 Å². The Kier molecular flexibility index (Phi) is 9.57. The molecule has 20 heavy (non-hydrogen) atoms. The molecule has 0 aromatic heterocycles. The summed E-state index contributed by atoms with van der Waals surface area (Å²) in [4.78, 5) is 0. The Morgan fingerprint density at radius 1 is 1.10 bits per heavy atom. The van der Waals surface area contributed by atoms with Crippen molar-refractivity contribution in [1.82, 2.24) is 5.32 Å². The van der Waals surface area contributed by atoms with Gasteiger partial charge in [-0.05, 0) is 66.0 Å². The lowest BCUT2D eigenvalue weighted by Crippen LogP contribution is -2.20. The summed E-state index contributed by atoms with van der Waals surface area (Å²) < 4.78 is 7.83. The predicted octanol–water partition coefficient (Wildman–Crippen LogP) is 5.40. The number of hydrogen-bond acceptors (Lipinski definition) is 2. The summed E-state index contributed by atoms with van der Waals surface area (Å²) in [5.74, 6) is 1.67. The van der Waals surface area contributed by atoms with Crippen molar-refractivity contribution in [3.8, 4) is 5.75 Å². The number of ether oxygens (including phenoxy) is 1. The van der Waals surface area contributed by atoms with E-state index in [-0.39, 0.29) is 0 Å². The lowest BCUT2D eigenvalue weighted by molar-refractivity contribution is 0.302. The van der Waals surface area contributed by atoms with Gasteiger partial charge in [0.15, 0.2) is 0 Å². The minimum absolute atomic E-state index is 0.743. The first-order valence-electron chi connectivity index (χ1n) is 7.38. The quantitative estimate of drug-likeness (QED) is 0.525. The molecule has 0 unspecified atom stereocenters. The van der Waals surface area contributed by atoms with Gasteiger partial charge in [0.25, 0.3) is 0 Å². The van der Waals surface area contributed by atoms with Crippen LogP contribution in [0.1, 0.15) is 39.5 Å². The number of nitrogens with one attached hydrogen (secondary N) is 1. The highest BCUT2D eigenvalue weighted by molar-refractivity contribution is 9.11. The summed E-state index contributed by atoms with van der Waals surface area (Å²) in [6.45, 7) is 7.53. The molecule has 1 N–H and O–H groups in total.